The first-order valence-electron chi connectivity index (χ1n) is 20.4. The van der Waals surface area contributed by atoms with Crippen LogP contribution < -0.4 is 27.4 Å². The van der Waals surface area contributed by atoms with Gasteiger partial charge in [0.1, 0.15) is 52.7 Å². The number of thiazole rings is 1. The van der Waals surface area contributed by atoms with Gasteiger partial charge in [-0.25, -0.2) is 23.3 Å². The van der Waals surface area contributed by atoms with Crippen molar-refractivity contribution in [3.63, 3.8) is 0 Å². The second kappa shape index (κ2) is 24.7. The molecule has 0 spiro atoms. The Kier molecular flexibility index (Phi) is 18.2. The van der Waals surface area contributed by atoms with Gasteiger partial charge in [-0.05, 0) is 72.1 Å². The molecule has 8 nitrogen and oxygen atoms in total. The molecular weight excluding hydrogens is 781 g/mol. The first-order chi connectivity index (χ1) is 30.2. The molecule has 0 bridgehead atoms. The van der Waals surface area contributed by atoms with Gasteiger partial charge in [0.15, 0.2) is 49.6 Å². The number of nitrogens with zero attached hydrogens (tertiary/aromatic N) is 8. The largest absolute Gasteiger partial charge is 0.265 e. The number of aromatic nitrogens is 8. The van der Waals surface area contributed by atoms with Crippen molar-refractivity contribution >= 4 is 32.5 Å². The molecule has 62 heavy (non-hydrogen) atoms. The number of fused-ring (bicyclic) bond motifs is 2. The number of pyridine rings is 7. The molecule has 9 heteroatoms. The summed E-state index contributed by atoms with van der Waals surface area (Å²) < 4.78 is 13.7. The molecule has 8 aromatic heterocycles. The van der Waals surface area contributed by atoms with Gasteiger partial charge in [-0.2, -0.15) is 9.13 Å². The van der Waals surface area contributed by atoms with Crippen LogP contribution in [0.4, 0.5) is 0 Å². The first kappa shape index (κ1) is 45.7. The van der Waals surface area contributed by atoms with Gasteiger partial charge >= 0.3 is 0 Å². The fourth-order valence-electron chi connectivity index (χ4n) is 5.95. The molecule has 0 saturated carbocycles. The second-order valence-electron chi connectivity index (χ2n) is 14.5. The maximum absolute atomic E-state index is 4.29. The van der Waals surface area contributed by atoms with E-state index in [0.717, 1.165) is 11.4 Å². The SMILES string of the molecule is C[n+]1ccc(-c2ccncc2)cc1.C[n+]1cccc2ccccc21.C[n+]1ccccc1.C[n+]1ccccc1-c1ccccn1.C[n+]1csc2ccccc21.Cc1cc[n+](C)cc1. The average molecular weight is 839 g/mol. The van der Waals surface area contributed by atoms with Gasteiger partial charge in [0.2, 0.25) is 22.2 Å². The van der Waals surface area contributed by atoms with Crippen molar-refractivity contribution < 1.29 is 27.4 Å². The van der Waals surface area contributed by atoms with Gasteiger partial charge in [0.25, 0.3) is 0 Å². The Hall–Kier alpha value is -7.36. The standard InChI is InChI=1S/2C11H11N2.C10H10N.C8H8NS.C7H10N.C6H8N/c1-13-8-4-11(5-9-13)10-2-6-12-7-3-10;1-13-9-5-3-7-11(13)10-6-2-4-8-12-10;1-11-8-4-6-9-5-2-3-7-10(9)11;1-9-6-10-8-5-3-2-4-7(8)9;1-7-3-5-8(2)6-4-7;1-7-5-3-2-4-6-7/h2*2-9H,1H3;2-8H,1H3;2-6H,1H3;3-6H,1-2H3;2-6H,1H3/q6*+1. The van der Waals surface area contributed by atoms with E-state index in [1.54, 1.807) is 11.3 Å². The minimum atomic E-state index is 1.01. The lowest BCUT2D eigenvalue weighted by Crippen LogP contribution is -2.30. The van der Waals surface area contributed by atoms with E-state index in [9.17, 15) is 0 Å². The summed E-state index contributed by atoms with van der Waals surface area (Å²) in [6.07, 6.45) is 21.6. The van der Waals surface area contributed by atoms with Crippen LogP contribution in [0, 0.1) is 6.92 Å². The maximum atomic E-state index is 4.29. The molecule has 0 fully saturated rings. The third-order valence-corrected chi connectivity index (χ3v) is 10.5. The quantitative estimate of drug-likeness (QED) is 0.167. The van der Waals surface area contributed by atoms with Crippen molar-refractivity contribution in [2.75, 3.05) is 0 Å². The van der Waals surface area contributed by atoms with Crippen LogP contribution in [0.1, 0.15) is 5.56 Å². The predicted octanol–water partition coefficient (Wildman–Crippen LogP) is 7.87. The van der Waals surface area contributed by atoms with Gasteiger partial charge in [0.05, 0.1) is 0 Å². The van der Waals surface area contributed by atoms with E-state index in [2.05, 4.69) is 147 Å². The monoisotopic (exact) mass is 838 g/mol. The molecule has 0 amide bonds. The van der Waals surface area contributed by atoms with Gasteiger partial charge in [-0.1, -0.05) is 47.7 Å². The molecule has 10 aromatic rings. The maximum Gasteiger partial charge on any atom is 0.230 e. The second-order valence-corrected chi connectivity index (χ2v) is 15.3. The topological polar surface area (TPSA) is 49.1 Å². The van der Waals surface area contributed by atoms with E-state index in [1.807, 2.05) is 165 Å². The van der Waals surface area contributed by atoms with Gasteiger partial charge < -0.3 is 0 Å². The summed E-state index contributed by atoms with van der Waals surface area (Å²) in [5, 5.41) is 1.29. The zero-order valence-corrected chi connectivity index (χ0v) is 37.7. The molecule has 0 radical (unpaired) electrons. The summed E-state index contributed by atoms with van der Waals surface area (Å²) >= 11 is 1.78. The van der Waals surface area contributed by atoms with Gasteiger partial charge in [-0.3, -0.25) is 4.98 Å². The molecule has 0 aliphatic heterocycles. The Labute approximate surface area is 370 Å². The Morgan fingerprint density at radius 3 is 1.55 bits per heavy atom. The molecular formula is C53H58N8S+6. The van der Waals surface area contributed by atoms with Crippen molar-refractivity contribution in [3.05, 3.63) is 231 Å². The van der Waals surface area contributed by atoms with Crippen LogP contribution in [-0.2, 0) is 42.3 Å². The molecule has 0 aliphatic carbocycles. The van der Waals surface area contributed by atoms with Crippen molar-refractivity contribution in [1.29, 1.82) is 0 Å². The molecule has 0 saturated heterocycles. The van der Waals surface area contributed by atoms with E-state index >= 15 is 0 Å². The minimum absolute atomic E-state index is 1.01. The third kappa shape index (κ3) is 15.0. The summed E-state index contributed by atoms with van der Waals surface area (Å²) in [4.78, 5) is 8.27. The Morgan fingerprint density at radius 1 is 0.403 bits per heavy atom. The van der Waals surface area contributed by atoms with Crippen LogP contribution >= 0.6 is 11.3 Å². The molecule has 2 aromatic carbocycles. The van der Waals surface area contributed by atoms with Gasteiger partial charge in [-0.15, -0.1) is 0 Å². The van der Waals surface area contributed by atoms with Crippen molar-refractivity contribution in [2.24, 2.45) is 42.3 Å². The van der Waals surface area contributed by atoms with E-state index in [0.29, 0.717) is 0 Å². The number of hydrogen-bond acceptors (Lipinski definition) is 3. The van der Waals surface area contributed by atoms with Crippen LogP contribution in [-0.4, -0.2) is 9.97 Å². The molecule has 0 atom stereocenters. The zero-order chi connectivity index (χ0) is 43.9. The third-order valence-electron chi connectivity index (χ3n) is 9.47. The highest BCUT2D eigenvalue weighted by molar-refractivity contribution is 7.16. The highest BCUT2D eigenvalue weighted by Gasteiger charge is 2.08. The Morgan fingerprint density at radius 2 is 0.952 bits per heavy atom. The molecule has 0 aliphatic rings. The summed E-state index contributed by atoms with van der Waals surface area (Å²) in [6.45, 7) is 2.08. The summed E-state index contributed by atoms with van der Waals surface area (Å²) in [5.41, 5.74) is 10.6. The number of aryl methyl sites for hydroxylation is 7. The minimum Gasteiger partial charge on any atom is -0.265 e. The highest BCUT2D eigenvalue weighted by Crippen LogP contribution is 2.16. The van der Waals surface area contributed by atoms with E-state index in [-0.39, 0.29) is 0 Å². The van der Waals surface area contributed by atoms with E-state index in [4.69, 9.17) is 0 Å². The highest BCUT2D eigenvalue weighted by atomic mass is 32.1. The molecule has 0 unspecified atom stereocenters. The average Bonchev–Trinajstić information content (AvgIpc) is 3.70. The van der Waals surface area contributed by atoms with Crippen LogP contribution in [0.25, 0.3) is 43.6 Å². The Bertz CT molecular complexity index is 2770. The summed E-state index contributed by atoms with van der Waals surface area (Å²) in [5.74, 6) is 0. The van der Waals surface area contributed by atoms with Crippen LogP contribution in [0.2, 0.25) is 0 Å². The van der Waals surface area contributed by atoms with Crippen molar-refractivity contribution in [1.82, 2.24) is 9.97 Å². The predicted molar refractivity (Wildman–Crippen MR) is 250 cm³/mol. The van der Waals surface area contributed by atoms with Crippen LogP contribution in [0.15, 0.2) is 225 Å². The number of para-hydroxylation sites is 2. The summed E-state index contributed by atoms with van der Waals surface area (Å²) in [6, 6.07) is 51.3. The number of hydrogen-bond donors (Lipinski definition) is 0. The zero-order valence-electron chi connectivity index (χ0n) is 36.8. The smallest absolute Gasteiger partial charge is 0.230 e. The Balaban J connectivity index is 0.000000142. The fraction of sp³-hybridized carbons (Fsp3) is 0.132. The van der Waals surface area contributed by atoms with Crippen molar-refractivity contribution in [2.45, 2.75) is 6.92 Å². The van der Waals surface area contributed by atoms with Gasteiger partial charge in [0, 0.05) is 90.7 Å². The molecule has 10 rings (SSSR count). The van der Waals surface area contributed by atoms with Crippen LogP contribution in [0.3, 0.4) is 0 Å². The molecule has 8 heterocycles. The normalized spacial score (nSPS) is 9.85. The van der Waals surface area contributed by atoms with E-state index in [1.165, 1.54) is 37.8 Å². The van der Waals surface area contributed by atoms with Crippen LogP contribution in [0.5, 0.6) is 0 Å². The lowest BCUT2D eigenvalue weighted by atomic mass is 10.1. The first-order valence-corrected chi connectivity index (χ1v) is 21.2. The van der Waals surface area contributed by atoms with Crippen molar-refractivity contribution in [3.8, 4) is 22.5 Å². The fourth-order valence-corrected chi connectivity index (χ4v) is 6.82. The molecule has 310 valence electrons. The lowest BCUT2D eigenvalue weighted by Gasteiger charge is -1.97. The summed E-state index contributed by atoms with van der Waals surface area (Å²) in [7, 11) is 12.2. The lowest BCUT2D eigenvalue weighted by molar-refractivity contribution is -0.671. The molecule has 0 N–H and O–H groups in total. The van der Waals surface area contributed by atoms with E-state index < -0.39 is 0 Å². The number of benzene rings is 2. The number of rotatable bonds is 2.